The van der Waals surface area contributed by atoms with E-state index >= 15 is 0 Å². The van der Waals surface area contributed by atoms with Crippen LogP contribution in [0.25, 0.3) is 0 Å². The summed E-state index contributed by atoms with van der Waals surface area (Å²) >= 11 is 0. The summed E-state index contributed by atoms with van der Waals surface area (Å²) in [6, 6.07) is 7.57. The number of nitrogens with zero attached hydrogens (tertiary/aromatic N) is 3. The second-order valence-electron chi connectivity index (χ2n) is 8.91. The largest absolute Gasteiger partial charge is 0.338 e. The lowest BCUT2D eigenvalue weighted by atomic mass is 9.92. The lowest BCUT2D eigenvalue weighted by Gasteiger charge is -2.41. The van der Waals surface area contributed by atoms with Crippen molar-refractivity contribution < 1.29 is 18.0 Å². The van der Waals surface area contributed by atoms with Gasteiger partial charge < -0.3 is 9.80 Å². The molecular weight excluding hydrogens is 402 g/mol. The summed E-state index contributed by atoms with van der Waals surface area (Å²) in [5.74, 6) is 0.413. The van der Waals surface area contributed by atoms with Gasteiger partial charge >= 0.3 is 0 Å². The van der Waals surface area contributed by atoms with Crippen molar-refractivity contribution in [2.75, 3.05) is 44.7 Å². The molecule has 0 bridgehead atoms. The summed E-state index contributed by atoms with van der Waals surface area (Å²) in [5.41, 5.74) is 2.25. The van der Waals surface area contributed by atoms with E-state index < -0.39 is 15.9 Å². The molecule has 7 nitrogen and oxygen atoms in total. The molecule has 0 spiro atoms. The number of fused-ring (bicyclic) bond motifs is 1. The highest BCUT2D eigenvalue weighted by Crippen LogP contribution is 2.26. The predicted molar refractivity (Wildman–Crippen MR) is 117 cm³/mol. The fourth-order valence-corrected chi connectivity index (χ4v) is 4.76. The standard InChI is InChI=1S/C22H33N3O4S/c1-17(2)14-21(26)25-16-19-7-5-4-6-18(19)15-20(25)22(27)24-10-8-23(9-11-24)12-13-30(3,28)29/h4-7,17,20H,8-16H2,1-3H3. The second-order valence-corrected chi connectivity index (χ2v) is 11.2. The smallest absolute Gasteiger partial charge is 0.245 e. The van der Waals surface area contributed by atoms with Crippen LogP contribution in [-0.4, -0.2) is 85.7 Å². The topological polar surface area (TPSA) is 78.0 Å². The molecule has 1 unspecified atom stereocenters. The molecule has 1 fully saturated rings. The normalized spacial score (nSPS) is 20.3. The van der Waals surface area contributed by atoms with Gasteiger partial charge in [-0.15, -0.1) is 0 Å². The molecule has 1 atom stereocenters. The molecule has 166 valence electrons. The minimum absolute atomic E-state index is 0.00405. The Morgan fingerprint density at radius 2 is 1.70 bits per heavy atom. The zero-order valence-electron chi connectivity index (χ0n) is 18.2. The van der Waals surface area contributed by atoms with E-state index in [2.05, 4.69) is 4.90 Å². The molecule has 8 heteroatoms. The van der Waals surface area contributed by atoms with Gasteiger partial charge in [-0.1, -0.05) is 38.1 Å². The van der Waals surface area contributed by atoms with Gasteiger partial charge in [0, 0.05) is 58.4 Å². The molecule has 0 aromatic heterocycles. The van der Waals surface area contributed by atoms with E-state index in [4.69, 9.17) is 0 Å². The van der Waals surface area contributed by atoms with Crippen LogP contribution in [0.2, 0.25) is 0 Å². The van der Waals surface area contributed by atoms with Gasteiger partial charge in [-0.2, -0.15) is 0 Å². The molecule has 2 amide bonds. The number of piperazine rings is 1. The Morgan fingerprint density at radius 1 is 1.07 bits per heavy atom. The van der Waals surface area contributed by atoms with Crippen LogP contribution in [0, 0.1) is 5.92 Å². The molecule has 2 aliphatic rings. The minimum atomic E-state index is -2.99. The third-order valence-corrected chi connectivity index (χ3v) is 6.82. The van der Waals surface area contributed by atoms with Crippen LogP contribution >= 0.6 is 0 Å². The lowest BCUT2D eigenvalue weighted by molar-refractivity contribution is -0.148. The van der Waals surface area contributed by atoms with Crippen LogP contribution in [0.5, 0.6) is 0 Å². The van der Waals surface area contributed by atoms with Crippen molar-refractivity contribution in [2.45, 2.75) is 39.3 Å². The molecule has 1 aromatic carbocycles. The van der Waals surface area contributed by atoms with Gasteiger partial charge in [0.15, 0.2) is 0 Å². The highest BCUT2D eigenvalue weighted by Gasteiger charge is 2.37. The van der Waals surface area contributed by atoms with Crippen molar-refractivity contribution in [3.63, 3.8) is 0 Å². The van der Waals surface area contributed by atoms with Gasteiger partial charge in [0.05, 0.1) is 5.75 Å². The Bertz CT molecular complexity index is 876. The minimum Gasteiger partial charge on any atom is -0.338 e. The number of hydrogen-bond donors (Lipinski definition) is 0. The van der Waals surface area contributed by atoms with Crippen LogP contribution in [0.3, 0.4) is 0 Å². The van der Waals surface area contributed by atoms with Gasteiger partial charge in [-0.05, 0) is 17.0 Å². The first-order valence-corrected chi connectivity index (χ1v) is 12.7. The summed E-state index contributed by atoms with van der Waals surface area (Å²) in [4.78, 5) is 32.0. The van der Waals surface area contributed by atoms with Crippen LogP contribution in [-0.2, 0) is 32.4 Å². The van der Waals surface area contributed by atoms with Gasteiger partial charge in [-0.25, -0.2) is 8.42 Å². The van der Waals surface area contributed by atoms with E-state index in [0.717, 1.165) is 11.1 Å². The fraction of sp³-hybridized carbons (Fsp3) is 0.636. The lowest BCUT2D eigenvalue weighted by Crippen LogP contribution is -2.57. The summed E-state index contributed by atoms with van der Waals surface area (Å²) in [6.07, 6.45) is 2.23. The average Bonchev–Trinajstić information content (AvgIpc) is 2.70. The maximum Gasteiger partial charge on any atom is 0.245 e. The number of carbonyl (C=O) groups is 2. The predicted octanol–water partition coefficient (Wildman–Crippen LogP) is 1.17. The van der Waals surface area contributed by atoms with E-state index in [1.54, 1.807) is 4.90 Å². The number of sulfone groups is 1. The van der Waals surface area contributed by atoms with Crippen molar-refractivity contribution >= 4 is 21.7 Å². The van der Waals surface area contributed by atoms with Gasteiger partial charge in [0.2, 0.25) is 11.8 Å². The van der Waals surface area contributed by atoms with Crippen molar-refractivity contribution in [3.8, 4) is 0 Å². The summed E-state index contributed by atoms with van der Waals surface area (Å²) < 4.78 is 22.8. The summed E-state index contributed by atoms with van der Waals surface area (Å²) in [5, 5.41) is 0. The Labute approximate surface area is 179 Å². The molecule has 1 saturated heterocycles. The maximum atomic E-state index is 13.4. The average molecular weight is 436 g/mol. The molecule has 30 heavy (non-hydrogen) atoms. The number of benzene rings is 1. The highest BCUT2D eigenvalue weighted by atomic mass is 32.2. The Hall–Kier alpha value is -1.93. The van der Waals surface area contributed by atoms with E-state index in [0.29, 0.717) is 52.1 Å². The zero-order valence-corrected chi connectivity index (χ0v) is 19.0. The molecule has 2 heterocycles. The number of hydrogen-bond acceptors (Lipinski definition) is 5. The fourth-order valence-electron chi connectivity index (χ4n) is 4.17. The molecule has 2 aliphatic heterocycles. The summed E-state index contributed by atoms with van der Waals surface area (Å²) in [7, 11) is -2.99. The van der Waals surface area contributed by atoms with Crippen LogP contribution in [0.1, 0.15) is 31.4 Å². The Balaban J connectivity index is 1.69. The van der Waals surface area contributed by atoms with Crippen LogP contribution in [0.15, 0.2) is 24.3 Å². The number of rotatable bonds is 6. The molecule has 0 radical (unpaired) electrons. The number of carbonyl (C=O) groups excluding carboxylic acids is 2. The SMILES string of the molecule is CC(C)CC(=O)N1Cc2ccccc2CC1C(=O)N1CCN(CCS(C)(=O)=O)CC1. The quantitative estimate of drug-likeness (QED) is 0.670. The molecule has 0 aliphatic carbocycles. The van der Waals surface area contributed by atoms with E-state index in [1.165, 1.54) is 6.26 Å². The number of amides is 2. The van der Waals surface area contributed by atoms with Crippen molar-refractivity contribution in [1.29, 1.82) is 0 Å². The Morgan fingerprint density at radius 3 is 2.30 bits per heavy atom. The van der Waals surface area contributed by atoms with Crippen LogP contribution in [0.4, 0.5) is 0 Å². The second kappa shape index (κ2) is 9.47. The molecular formula is C22H33N3O4S. The van der Waals surface area contributed by atoms with E-state index in [1.807, 2.05) is 43.0 Å². The van der Waals surface area contributed by atoms with E-state index in [-0.39, 0.29) is 23.5 Å². The first-order valence-electron chi connectivity index (χ1n) is 10.7. The van der Waals surface area contributed by atoms with Gasteiger partial charge in [0.25, 0.3) is 0 Å². The van der Waals surface area contributed by atoms with Crippen molar-refractivity contribution in [3.05, 3.63) is 35.4 Å². The van der Waals surface area contributed by atoms with Crippen LogP contribution < -0.4 is 0 Å². The Kier molecular flexibility index (Phi) is 7.18. The van der Waals surface area contributed by atoms with E-state index in [9.17, 15) is 18.0 Å². The molecule has 3 rings (SSSR count). The first kappa shape index (κ1) is 22.7. The van der Waals surface area contributed by atoms with Gasteiger partial charge in [0.1, 0.15) is 15.9 Å². The maximum absolute atomic E-state index is 13.4. The van der Waals surface area contributed by atoms with Crippen molar-refractivity contribution in [2.24, 2.45) is 5.92 Å². The highest BCUT2D eigenvalue weighted by molar-refractivity contribution is 7.90. The third-order valence-electron chi connectivity index (χ3n) is 5.90. The van der Waals surface area contributed by atoms with Gasteiger partial charge in [-0.3, -0.25) is 14.5 Å². The molecule has 0 N–H and O–H groups in total. The molecule has 1 aromatic rings. The zero-order chi connectivity index (χ0) is 21.9. The van der Waals surface area contributed by atoms with Crippen molar-refractivity contribution in [1.82, 2.24) is 14.7 Å². The summed E-state index contributed by atoms with van der Waals surface area (Å²) in [6.45, 7) is 7.45. The molecule has 0 saturated carbocycles. The monoisotopic (exact) mass is 435 g/mol. The third kappa shape index (κ3) is 5.82. The first-order chi connectivity index (χ1) is 14.1.